The van der Waals surface area contributed by atoms with Crippen molar-refractivity contribution in [3.05, 3.63) is 35.9 Å². The Morgan fingerprint density at radius 3 is 2.40 bits per heavy atom. The number of nitrogens with one attached hydrogen (secondary N) is 3. The lowest BCUT2D eigenvalue weighted by Gasteiger charge is -2.33. The van der Waals surface area contributed by atoms with Crippen molar-refractivity contribution in [1.82, 2.24) is 16.0 Å². The molecular weight excluding hydrogens is 491 g/mol. The summed E-state index contributed by atoms with van der Waals surface area (Å²) in [4.78, 5) is 16.3. The van der Waals surface area contributed by atoms with Gasteiger partial charge in [-0.05, 0) is 58.9 Å². The van der Waals surface area contributed by atoms with E-state index < -0.39 is 0 Å². The Morgan fingerprint density at radius 2 is 1.83 bits per heavy atom. The number of benzene rings is 1. The molecule has 1 atom stereocenters. The van der Waals surface area contributed by atoms with E-state index in [1.807, 2.05) is 13.0 Å². The van der Waals surface area contributed by atoms with E-state index in [4.69, 9.17) is 4.74 Å². The Morgan fingerprint density at radius 1 is 1.20 bits per heavy atom. The molecule has 0 spiro atoms. The van der Waals surface area contributed by atoms with Crippen LogP contribution in [0.5, 0.6) is 0 Å². The third-order valence-corrected chi connectivity index (χ3v) is 5.52. The molecule has 7 heteroatoms. The first-order valence-corrected chi connectivity index (χ1v) is 10.8. The summed E-state index contributed by atoms with van der Waals surface area (Å²) in [7, 11) is 1.80. The summed E-state index contributed by atoms with van der Waals surface area (Å²) >= 11 is 0. The smallest absolute Gasteiger partial charge is 0.308 e. The van der Waals surface area contributed by atoms with Crippen molar-refractivity contribution < 1.29 is 9.53 Å². The summed E-state index contributed by atoms with van der Waals surface area (Å²) in [6, 6.07) is 11.1. The highest BCUT2D eigenvalue weighted by Crippen LogP contribution is 2.25. The van der Waals surface area contributed by atoms with Gasteiger partial charge < -0.3 is 20.7 Å². The second kappa shape index (κ2) is 13.1. The topological polar surface area (TPSA) is 74.8 Å². The number of hydrogen-bond donors (Lipinski definition) is 3. The molecule has 1 saturated carbocycles. The van der Waals surface area contributed by atoms with Gasteiger partial charge in [-0.2, -0.15) is 0 Å². The molecule has 1 aromatic rings. The number of hydrogen-bond acceptors (Lipinski definition) is 4. The first-order chi connectivity index (χ1) is 13.8. The van der Waals surface area contributed by atoms with E-state index in [-0.39, 0.29) is 47.4 Å². The quantitative estimate of drug-likeness (QED) is 0.205. The van der Waals surface area contributed by atoms with Crippen LogP contribution in [0.3, 0.4) is 0 Å². The average Bonchev–Trinajstić information content (AvgIpc) is 2.72. The standard InChI is InChI=1S/C23H38N4O2.HI/c1-6-29-21(28)19-12-14-20(15-13-19)26-22(24-5)25-16-23(3,4)27-17(2)18-10-8-7-9-11-18;/h7-11,17,19-20,27H,6,12-16H2,1-5H3,(H2,24,25,26);1H. The van der Waals surface area contributed by atoms with Gasteiger partial charge in [-0.1, -0.05) is 30.3 Å². The maximum atomic E-state index is 11.9. The van der Waals surface area contributed by atoms with Crippen LogP contribution in [-0.4, -0.2) is 43.7 Å². The molecule has 6 nitrogen and oxygen atoms in total. The van der Waals surface area contributed by atoms with Crippen molar-refractivity contribution >= 4 is 35.9 Å². The molecule has 0 aromatic heterocycles. The number of aliphatic imine (C=N–C) groups is 1. The number of carbonyl (C=O) groups excluding carboxylic acids is 1. The molecule has 0 aliphatic heterocycles. The molecule has 0 amide bonds. The first kappa shape index (κ1) is 26.7. The molecule has 170 valence electrons. The fraction of sp³-hybridized carbons (Fsp3) is 0.652. The van der Waals surface area contributed by atoms with Crippen LogP contribution >= 0.6 is 24.0 Å². The molecule has 1 fully saturated rings. The van der Waals surface area contributed by atoms with Gasteiger partial charge in [-0.25, -0.2) is 0 Å². The molecule has 0 heterocycles. The third-order valence-electron chi connectivity index (χ3n) is 5.52. The van der Waals surface area contributed by atoms with Gasteiger partial charge in [-0.15, -0.1) is 24.0 Å². The van der Waals surface area contributed by atoms with E-state index in [0.717, 1.165) is 38.2 Å². The fourth-order valence-corrected chi connectivity index (χ4v) is 3.89. The highest BCUT2D eigenvalue weighted by atomic mass is 127. The molecule has 3 N–H and O–H groups in total. The van der Waals surface area contributed by atoms with E-state index in [1.54, 1.807) is 7.05 Å². The zero-order chi connectivity index (χ0) is 21.3. The number of carbonyl (C=O) groups is 1. The van der Waals surface area contributed by atoms with Crippen LogP contribution in [0.1, 0.15) is 65.0 Å². The van der Waals surface area contributed by atoms with Crippen molar-refractivity contribution in [1.29, 1.82) is 0 Å². The maximum absolute atomic E-state index is 11.9. The SMILES string of the molecule is CCOC(=O)C1CCC(NC(=NC)NCC(C)(C)NC(C)c2ccccc2)CC1.I. The van der Waals surface area contributed by atoms with Crippen molar-refractivity contribution in [3.8, 4) is 0 Å². The van der Waals surface area contributed by atoms with E-state index in [2.05, 4.69) is 66.0 Å². The largest absolute Gasteiger partial charge is 0.466 e. The number of esters is 1. The molecule has 2 rings (SSSR count). The van der Waals surface area contributed by atoms with E-state index in [0.29, 0.717) is 12.6 Å². The lowest BCUT2D eigenvalue weighted by atomic mass is 9.86. The van der Waals surface area contributed by atoms with Gasteiger partial charge in [-0.3, -0.25) is 9.79 Å². The first-order valence-electron chi connectivity index (χ1n) is 10.8. The Bertz CT molecular complexity index is 658. The van der Waals surface area contributed by atoms with Crippen LogP contribution in [0.4, 0.5) is 0 Å². The summed E-state index contributed by atoms with van der Waals surface area (Å²) in [5.74, 6) is 0.811. The van der Waals surface area contributed by atoms with Gasteiger partial charge in [0.15, 0.2) is 5.96 Å². The normalized spacial score (nSPS) is 20.6. The van der Waals surface area contributed by atoms with Gasteiger partial charge in [0.1, 0.15) is 0 Å². The van der Waals surface area contributed by atoms with Gasteiger partial charge in [0.05, 0.1) is 12.5 Å². The molecule has 0 radical (unpaired) electrons. The fourth-order valence-electron chi connectivity index (χ4n) is 3.89. The Hall–Kier alpha value is -1.35. The van der Waals surface area contributed by atoms with Crippen molar-refractivity contribution in [2.45, 2.75) is 71.0 Å². The van der Waals surface area contributed by atoms with E-state index >= 15 is 0 Å². The van der Waals surface area contributed by atoms with Gasteiger partial charge >= 0.3 is 5.97 Å². The summed E-state index contributed by atoms with van der Waals surface area (Å²) in [5.41, 5.74) is 1.18. The summed E-state index contributed by atoms with van der Waals surface area (Å²) in [6.07, 6.45) is 3.65. The molecule has 0 bridgehead atoms. The zero-order valence-electron chi connectivity index (χ0n) is 19.0. The molecule has 1 aromatic carbocycles. The monoisotopic (exact) mass is 530 g/mol. The average molecular weight is 530 g/mol. The van der Waals surface area contributed by atoms with Crippen LogP contribution in [-0.2, 0) is 9.53 Å². The van der Waals surface area contributed by atoms with Crippen LogP contribution in [0.2, 0.25) is 0 Å². The molecule has 1 aliphatic carbocycles. The highest BCUT2D eigenvalue weighted by Gasteiger charge is 2.28. The number of halogens is 1. The zero-order valence-corrected chi connectivity index (χ0v) is 21.4. The van der Waals surface area contributed by atoms with Crippen molar-refractivity contribution in [2.75, 3.05) is 20.2 Å². The maximum Gasteiger partial charge on any atom is 0.308 e. The summed E-state index contributed by atoms with van der Waals surface area (Å²) < 4.78 is 5.16. The number of guanidine groups is 1. The minimum Gasteiger partial charge on any atom is -0.466 e. The Labute approximate surface area is 199 Å². The summed E-state index contributed by atoms with van der Waals surface area (Å²) in [6.45, 7) is 9.64. The van der Waals surface area contributed by atoms with Crippen LogP contribution in [0, 0.1) is 5.92 Å². The predicted molar refractivity (Wildman–Crippen MR) is 134 cm³/mol. The molecular formula is C23H39IN4O2. The van der Waals surface area contributed by atoms with E-state index in [1.165, 1.54) is 5.56 Å². The Balaban J connectivity index is 0.00000450. The molecule has 30 heavy (non-hydrogen) atoms. The minimum absolute atomic E-state index is 0. The second-order valence-corrected chi connectivity index (χ2v) is 8.53. The highest BCUT2D eigenvalue weighted by molar-refractivity contribution is 14.0. The third kappa shape index (κ3) is 8.79. The minimum atomic E-state index is -0.103. The van der Waals surface area contributed by atoms with Crippen LogP contribution < -0.4 is 16.0 Å². The molecule has 0 saturated heterocycles. The number of rotatable bonds is 8. The lowest BCUT2D eigenvalue weighted by molar-refractivity contribution is -0.149. The van der Waals surface area contributed by atoms with Crippen molar-refractivity contribution in [2.24, 2.45) is 10.9 Å². The summed E-state index contributed by atoms with van der Waals surface area (Å²) in [5, 5.41) is 10.7. The predicted octanol–water partition coefficient (Wildman–Crippen LogP) is 4.02. The van der Waals surface area contributed by atoms with Gasteiger partial charge in [0.25, 0.3) is 0 Å². The number of ether oxygens (including phenoxy) is 1. The Kier molecular flexibility index (Phi) is 11.7. The van der Waals surface area contributed by atoms with E-state index in [9.17, 15) is 4.79 Å². The second-order valence-electron chi connectivity index (χ2n) is 8.53. The number of nitrogens with zero attached hydrogens (tertiary/aromatic N) is 1. The molecule has 1 aliphatic rings. The van der Waals surface area contributed by atoms with Crippen molar-refractivity contribution in [3.63, 3.8) is 0 Å². The van der Waals surface area contributed by atoms with Crippen LogP contribution in [0.25, 0.3) is 0 Å². The molecule has 1 unspecified atom stereocenters. The lowest BCUT2D eigenvalue weighted by Crippen LogP contribution is -2.53. The van der Waals surface area contributed by atoms with Gasteiger partial charge in [0.2, 0.25) is 0 Å². The van der Waals surface area contributed by atoms with Crippen LogP contribution in [0.15, 0.2) is 35.3 Å². The van der Waals surface area contributed by atoms with Gasteiger partial charge in [0, 0.05) is 31.2 Å².